The molecule has 1 aliphatic heterocycles. The summed E-state index contributed by atoms with van der Waals surface area (Å²) in [5.74, 6) is 0. The zero-order valence-corrected chi connectivity index (χ0v) is 10.4. The highest BCUT2D eigenvalue weighted by atomic mass is 16.2. The van der Waals surface area contributed by atoms with E-state index in [1.54, 1.807) is 0 Å². The third kappa shape index (κ3) is 2.42. The zero-order chi connectivity index (χ0) is 12.3. The van der Waals surface area contributed by atoms with Gasteiger partial charge in [-0.15, -0.1) is 0 Å². The lowest BCUT2D eigenvalue weighted by Crippen LogP contribution is -2.30. The van der Waals surface area contributed by atoms with Gasteiger partial charge < -0.3 is 10.6 Å². The monoisotopic (exact) mass is 233 g/mol. The van der Waals surface area contributed by atoms with Crippen LogP contribution >= 0.6 is 0 Å². The van der Waals surface area contributed by atoms with Crippen molar-refractivity contribution in [3.05, 3.63) is 29.8 Å². The normalized spacial score (nSPS) is 17.1. The van der Waals surface area contributed by atoms with E-state index in [-0.39, 0.29) is 12.1 Å². The number of rotatable bonds is 4. The summed E-state index contributed by atoms with van der Waals surface area (Å²) in [5.41, 5.74) is 2.18. The SMILES string of the molecule is CCNC(C)c1ccccc1N1CCNC1=O. The second-order valence-electron chi connectivity index (χ2n) is 4.22. The van der Waals surface area contributed by atoms with E-state index in [9.17, 15) is 4.79 Å². The van der Waals surface area contributed by atoms with Crippen LogP contribution in [0.4, 0.5) is 10.5 Å². The molecule has 92 valence electrons. The molecule has 1 saturated heterocycles. The Bertz CT molecular complexity index is 405. The van der Waals surface area contributed by atoms with Crippen molar-refractivity contribution in [1.29, 1.82) is 0 Å². The van der Waals surface area contributed by atoms with Gasteiger partial charge >= 0.3 is 6.03 Å². The van der Waals surface area contributed by atoms with Crippen LogP contribution < -0.4 is 15.5 Å². The van der Waals surface area contributed by atoms with Crippen LogP contribution in [0.3, 0.4) is 0 Å². The minimum atomic E-state index is 0.00106. The smallest absolute Gasteiger partial charge is 0.322 e. The Morgan fingerprint density at radius 3 is 2.88 bits per heavy atom. The van der Waals surface area contributed by atoms with Gasteiger partial charge in [-0.2, -0.15) is 0 Å². The van der Waals surface area contributed by atoms with Crippen molar-refractivity contribution in [2.24, 2.45) is 0 Å². The van der Waals surface area contributed by atoms with E-state index >= 15 is 0 Å². The number of amides is 2. The number of para-hydroxylation sites is 1. The molecule has 4 heteroatoms. The molecule has 4 nitrogen and oxygen atoms in total. The Labute approximate surface area is 102 Å². The van der Waals surface area contributed by atoms with E-state index < -0.39 is 0 Å². The van der Waals surface area contributed by atoms with E-state index in [1.807, 2.05) is 23.1 Å². The lowest BCUT2D eigenvalue weighted by atomic mass is 10.1. The second-order valence-corrected chi connectivity index (χ2v) is 4.22. The van der Waals surface area contributed by atoms with E-state index in [2.05, 4.69) is 30.5 Å². The number of anilines is 1. The summed E-state index contributed by atoms with van der Waals surface area (Å²) < 4.78 is 0. The molecule has 1 fully saturated rings. The van der Waals surface area contributed by atoms with Crippen LogP contribution in [0.2, 0.25) is 0 Å². The van der Waals surface area contributed by atoms with Crippen molar-refractivity contribution in [3.8, 4) is 0 Å². The van der Waals surface area contributed by atoms with Gasteiger partial charge in [0.25, 0.3) is 0 Å². The maximum absolute atomic E-state index is 11.7. The van der Waals surface area contributed by atoms with Gasteiger partial charge in [0.1, 0.15) is 0 Å². The molecule has 17 heavy (non-hydrogen) atoms. The van der Waals surface area contributed by atoms with Crippen LogP contribution in [-0.4, -0.2) is 25.7 Å². The second kappa shape index (κ2) is 5.19. The summed E-state index contributed by atoms with van der Waals surface area (Å²) in [6.45, 7) is 6.59. The first kappa shape index (κ1) is 11.9. The average molecular weight is 233 g/mol. The average Bonchev–Trinajstić information content (AvgIpc) is 2.76. The quantitative estimate of drug-likeness (QED) is 0.834. The molecule has 1 atom stereocenters. The molecule has 0 bridgehead atoms. The lowest BCUT2D eigenvalue weighted by molar-refractivity contribution is 0.252. The predicted octanol–water partition coefficient (Wildman–Crippen LogP) is 1.89. The number of carbonyl (C=O) groups excluding carboxylic acids is 1. The number of benzene rings is 1. The van der Waals surface area contributed by atoms with Crippen molar-refractivity contribution >= 4 is 11.7 Å². The highest BCUT2D eigenvalue weighted by Gasteiger charge is 2.24. The molecule has 1 aromatic carbocycles. The van der Waals surface area contributed by atoms with Crippen molar-refractivity contribution in [1.82, 2.24) is 10.6 Å². The molecule has 2 rings (SSSR count). The van der Waals surface area contributed by atoms with Gasteiger partial charge in [0, 0.05) is 19.1 Å². The molecule has 0 radical (unpaired) electrons. The van der Waals surface area contributed by atoms with Crippen molar-refractivity contribution in [2.75, 3.05) is 24.5 Å². The van der Waals surface area contributed by atoms with Crippen LogP contribution in [0.5, 0.6) is 0 Å². The minimum absolute atomic E-state index is 0.00106. The third-order valence-electron chi connectivity index (χ3n) is 3.06. The maximum atomic E-state index is 11.7. The molecule has 1 aromatic rings. The molecule has 2 amide bonds. The summed E-state index contributed by atoms with van der Waals surface area (Å²) in [7, 11) is 0. The van der Waals surface area contributed by atoms with Crippen molar-refractivity contribution < 1.29 is 4.79 Å². The Hall–Kier alpha value is -1.55. The fourth-order valence-corrected chi connectivity index (χ4v) is 2.22. The Morgan fingerprint density at radius 2 is 2.24 bits per heavy atom. The number of hydrogen-bond donors (Lipinski definition) is 2. The van der Waals surface area contributed by atoms with E-state index in [4.69, 9.17) is 0 Å². The summed E-state index contributed by atoms with van der Waals surface area (Å²) in [5, 5.41) is 6.21. The standard InChI is InChI=1S/C13H19N3O/c1-3-14-10(2)11-6-4-5-7-12(11)16-9-8-15-13(16)17/h4-7,10,14H,3,8-9H2,1-2H3,(H,15,17). The number of carbonyl (C=O) groups is 1. The minimum Gasteiger partial charge on any atom is -0.336 e. The Morgan fingerprint density at radius 1 is 1.47 bits per heavy atom. The lowest BCUT2D eigenvalue weighted by Gasteiger charge is -2.22. The summed E-state index contributed by atoms with van der Waals surface area (Å²) in [6, 6.07) is 8.33. The van der Waals surface area contributed by atoms with Crippen LogP contribution in [0, 0.1) is 0 Å². The molecular formula is C13H19N3O. The first-order valence-electron chi connectivity index (χ1n) is 6.11. The van der Waals surface area contributed by atoms with Gasteiger partial charge in [0.15, 0.2) is 0 Å². The van der Waals surface area contributed by atoms with Gasteiger partial charge in [-0.3, -0.25) is 4.90 Å². The van der Waals surface area contributed by atoms with Crippen molar-refractivity contribution in [3.63, 3.8) is 0 Å². The van der Waals surface area contributed by atoms with E-state index in [1.165, 1.54) is 5.56 Å². The molecule has 0 aliphatic carbocycles. The zero-order valence-electron chi connectivity index (χ0n) is 10.4. The Balaban J connectivity index is 2.30. The molecule has 0 spiro atoms. The number of urea groups is 1. The van der Waals surface area contributed by atoms with Gasteiger partial charge in [-0.1, -0.05) is 25.1 Å². The van der Waals surface area contributed by atoms with Crippen LogP contribution in [-0.2, 0) is 0 Å². The molecule has 0 aromatic heterocycles. The van der Waals surface area contributed by atoms with Gasteiger partial charge in [-0.05, 0) is 25.1 Å². The fraction of sp³-hybridized carbons (Fsp3) is 0.462. The molecule has 0 saturated carbocycles. The predicted molar refractivity (Wildman–Crippen MR) is 69.3 cm³/mol. The van der Waals surface area contributed by atoms with Crippen molar-refractivity contribution in [2.45, 2.75) is 19.9 Å². The molecule has 1 heterocycles. The maximum Gasteiger partial charge on any atom is 0.322 e. The first-order chi connectivity index (χ1) is 8.24. The van der Waals surface area contributed by atoms with Gasteiger partial charge in [0.05, 0.1) is 5.69 Å². The summed E-state index contributed by atoms with van der Waals surface area (Å²) in [4.78, 5) is 13.5. The Kier molecular flexibility index (Phi) is 3.64. The van der Waals surface area contributed by atoms with Crippen LogP contribution in [0.25, 0.3) is 0 Å². The molecule has 2 N–H and O–H groups in total. The molecular weight excluding hydrogens is 214 g/mol. The van der Waals surface area contributed by atoms with Gasteiger partial charge in [0.2, 0.25) is 0 Å². The van der Waals surface area contributed by atoms with Crippen LogP contribution in [0.1, 0.15) is 25.5 Å². The first-order valence-corrected chi connectivity index (χ1v) is 6.11. The highest BCUT2D eigenvalue weighted by Crippen LogP contribution is 2.27. The summed E-state index contributed by atoms with van der Waals surface area (Å²) in [6.07, 6.45) is 0. The highest BCUT2D eigenvalue weighted by molar-refractivity contribution is 5.94. The summed E-state index contributed by atoms with van der Waals surface area (Å²) >= 11 is 0. The van der Waals surface area contributed by atoms with E-state index in [0.29, 0.717) is 0 Å². The number of nitrogens with one attached hydrogen (secondary N) is 2. The molecule has 1 aliphatic rings. The fourth-order valence-electron chi connectivity index (χ4n) is 2.22. The number of hydrogen-bond acceptors (Lipinski definition) is 2. The number of nitrogens with zero attached hydrogens (tertiary/aromatic N) is 1. The molecule has 1 unspecified atom stereocenters. The third-order valence-corrected chi connectivity index (χ3v) is 3.06. The van der Waals surface area contributed by atoms with E-state index in [0.717, 1.165) is 25.3 Å². The topological polar surface area (TPSA) is 44.4 Å². The largest absolute Gasteiger partial charge is 0.336 e. The van der Waals surface area contributed by atoms with Crippen LogP contribution in [0.15, 0.2) is 24.3 Å². The van der Waals surface area contributed by atoms with Gasteiger partial charge in [-0.25, -0.2) is 4.79 Å².